The van der Waals surface area contributed by atoms with Crippen LogP contribution in [0.4, 0.5) is 10.5 Å². The minimum absolute atomic E-state index is 0.124. The Labute approximate surface area is 108 Å². The molecule has 1 aromatic carbocycles. The van der Waals surface area contributed by atoms with Crippen LogP contribution in [0.5, 0.6) is 0 Å². The van der Waals surface area contributed by atoms with E-state index < -0.39 is 0 Å². The van der Waals surface area contributed by atoms with E-state index in [1.54, 1.807) is 0 Å². The zero-order chi connectivity index (χ0) is 12.9. The number of nitrogens with one attached hydrogen (secondary N) is 2. The molecule has 3 nitrogen and oxygen atoms in total. The van der Waals surface area contributed by atoms with Gasteiger partial charge in [-0.15, -0.1) is 11.6 Å². The van der Waals surface area contributed by atoms with Crippen molar-refractivity contribution in [3.63, 3.8) is 0 Å². The average molecular weight is 255 g/mol. The Balaban J connectivity index is 2.60. The second kappa shape index (κ2) is 5.92. The number of alkyl halides is 1. The van der Waals surface area contributed by atoms with Crippen molar-refractivity contribution < 1.29 is 4.79 Å². The summed E-state index contributed by atoms with van der Waals surface area (Å²) in [5.41, 5.74) is 2.15. The fraction of sp³-hybridized carbons (Fsp3) is 0.462. The van der Waals surface area contributed by atoms with Crippen molar-refractivity contribution in [1.82, 2.24) is 5.32 Å². The van der Waals surface area contributed by atoms with Crippen LogP contribution in [0, 0.1) is 0 Å². The van der Waals surface area contributed by atoms with Gasteiger partial charge in [-0.1, -0.05) is 32.9 Å². The van der Waals surface area contributed by atoms with Gasteiger partial charge in [0.15, 0.2) is 0 Å². The number of hydrogen-bond donors (Lipinski definition) is 2. The number of carbonyl (C=O) groups excluding carboxylic acids is 1. The van der Waals surface area contributed by atoms with Crippen molar-refractivity contribution in [2.45, 2.75) is 26.2 Å². The van der Waals surface area contributed by atoms with Crippen molar-refractivity contribution in [1.29, 1.82) is 0 Å². The molecule has 0 saturated carbocycles. The Morgan fingerprint density at radius 3 is 2.29 bits per heavy atom. The van der Waals surface area contributed by atoms with E-state index in [1.807, 2.05) is 24.3 Å². The van der Waals surface area contributed by atoms with Crippen molar-refractivity contribution in [2.75, 3.05) is 17.7 Å². The average Bonchev–Trinajstić information content (AvgIpc) is 2.26. The summed E-state index contributed by atoms with van der Waals surface area (Å²) in [6, 6.07) is 7.63. The number of rotatable bonds is 3. The van der Waals surface area contributed by atoms with Crippen LogP contribution in [0.15, 0.2) is 24.3 Å². The van der Waals surface area contributed by atoms with E-state index >= 15 is 0 Å². The number of benzene rings is 1. The molecule has 0 aliphatic carbocycles. The van der Waals surface area contributed by atoms with Gasteiger partial charge in [0.05, 0.1) is 0 Å². The molecule has 0 fully saturated rings. The highest BCUT2D eigenvalue weighted by Crippen LogP contribution is 2.23. The van der Waals surface area contributed by atoms with Crippen molar-refractivity contribution in [2.24, 2.45) is 0 Å². The molecule has 0 spiro atoms. The SMILES string of the molecule is CC(C)(C)c1ccc(NC(=O)NCCCl)cc1. The van der Waals surface area contributed by atoms with Gasteiger partial charge in [0.25, 0.3) is 0 Å². The minimum atomic E-state index is -0.228. The Morgan fingerprint density at radius 1 is 1.24 bits per heavy atom. The molecule has 0 aromatic heterocycles. The molecule has 0 radical (unpaired) electrons. The van der Waals surface area contributed by atoms with Gasteiger partial charge in [0.1, 0.15) is 0 Å². The molecular formula is C13H19ClN2O. The fourth-order valence-corrected chi connectivity index (χ4v) is 1.48. The topological polar surface area (TPSA) is 41.1 Å². The van der Waals surface area contributed by atoms with E-state index in [4.69, 9.17) is 11.6 Å². The zero-order valence-electron chi connectivity index (χ0n) is 10.5. The number of anilines is 1. The Hall–Kier alpha value is -1.22. The van der Waals surface area contributed by atoms with Crippen LogP contribution in [0.25, 0.3) is 0 Å². The van der Waals surface area contributed by atoms with Gasteiger partial charge < -0.3 is 10.6 Å². The van der Waals surface area contributed by atoms with Crippen LogP contribution < -0.4 is 10.6 Å². The van der Waals surface area contributed by atoms with Gasteiger partial charge in [-0.2, -0.15) is 0 Å². The molecular weight excluding hydrogens is 236 g/mol. The van der Waals surface area contributed by atoms with E-state index in [1.165, 1.54) is 5.56 Å². The number of halogens is 1. The predicted octanol–water partition coefficient (Wildman–Crippen LogP) is 3.34. The first-order valence-electron chi connectivity index (χ1n) is 5.65. The summed E-state index contributed by atoms with van der Waals surface area (Å²) in [5, 5.41) is 5.39. The lowest BCUT2D eigenvalue weighted by Crippen LogP contribution is -2.30. The van der Waals surface area contributed by atoms with Crippen molar-refractivity contribution in [3.05, 3.63) is 29.8 Å². The minimum Gasteiger partial charge on any atom is -0.337 e. The fourth-order valence-electron chi connectivity index (χ4n) is 1.39. The summed E-state index contributed by atoms with van der Waals surface area (Å²) in [6.07, 6.45) is 0. The summed E-state index contributed by atoms with van der Waals surface area (Å²) < 4.78 is 0. The standard InChI is InChI=1S/C13H19ClN2O/c1-13(2,3)10-4-6-11(7-5-10)16-12(17)15-9-8-14/h4-7H,8-9H2,1-3H3,(H2,15,16,17). The molecule has 94 valence electrons. The quantitative estimate of drug-likeness (QED) is 0.798. The lowest BCUT2D eigenvalue weighted by atomic mass is 9.87. The highest BCUT2D eigenvalue weighted by molar-refractivity contribution is 6.18. The summed E-state index contributed by atoms with van der Waals surface area (Å²) in [5.74, 6) is 0.413. The first-order chi connectivity index (χ1) is 7.93. The summed E-state index contributed by atoms with van der Waals surface area (Å²) >= 11 is 5.48. The maximum atomic E-state index is 11.4. The first-order valence-corrected chi connectivity index (χ1v) is 6.18. The molecule has 0 heterocycles. The van der Waals surface area contributed by atoms with Gasteiger partial charge in [0, 0.05) is 18.1 Å². The van der Waals surface area contributed by atoms with Gasteiger partial charge in [0.2, 0.25) is 0 Å². The summed E-state index contributed by atoms with van der Waals surface area (Å²) in [7, 11) is 0. The number of hydrogen-bond acceptors (Lipinski definition) is 1. The molecule has 0 saturated heterocycles. The van der Waals surface area contributed by atoms with E-state index in [0.29, 0.717) is 12.4 Å². The zero-order valence-corrected chi connectivity index (χ0v) is 11.3. The van der Waals surface area contributed by atoms with E-state index in [9.17, 15) is 4.79 Å². The lowest BCUT2D eigenvalue weighted by molar-refractivity contribution is 0.252. The predicted molar refractivity (Wildman–Crippen MR) is 72.9 cm³/mol. The van der Waals surface area contributed by atoms with Crippen LogP contribution in [0.2, 0.25) is 0 Å². The van der Waals surface area contributed by atoms with Gasteiger partial charge >= 0.3 is 6.03 Å². The Kier molecular flexibility index (Phi) is 4.82. The number of carbonyl (C=O) groups is 1. The van der Waals surface area contributed by atoms with Crippen molar-refractivity contribution in [3.8, 4) is 0 Å². The van der Waals surface area contributed by atoms with Crippen LogP contribution in [-0.4, -0.2) is 18.5 Å². The normalized spacial score (nSPS) is 11.1. The highest BCUT2D eigenvalue weighted by Gasteiger charge is 2.12. The van der Waals surface area contributed by atoms with E-state index in [-0.39, 0.29) is 11.4 Å². The molecule has 0 aliphatic rings. The van der Waals surface area contributed by atoms with Crippen LogP contribution in [0.1, 0.15) is 26.3 Å². The molecule has 0 bridgehead atoms. The number of amides is 2. The molecule has 0 atom stereocenters. The molecule has 0 unspecified atom stereocenters. The van der Waals surface area contributed by atoms with Crippen LogP contribution >= 0.6 is 11.6 Å². The third-order valence-electron chi connectivity index (χ3n) is 2.39. The third kappa shape index (κ3) is 4.65. The van der Waals surface area contributed by atoms with Gasteiger partial charge in [-0.05, 0) is 23.1 Å². The smallest absolute Gasteiger partial charge is 0.319 e. The third-order valence-corrected chi connectivity index (χ3v) is 2.58. The monoisotopic (exact) mass is 254 g/mol. The van der Waals surface area contributed by atoms with E-state index in [2.05, 4.69) is 31.4 Å². The molecule has 2 N–H and O–H groups in total. The molecule has 17 heavy (non-hydrogen) atoms. The van der Waals surface area contributed by atoms with E-state index in [0.717, 1.165) is 5.69 Å². The Morgan fingerprint density at radius 2 is 1.82 bits per heavy atom. The van der Waals surface area contributed by atoms with Gasteiger partial charge in [-0.25, -0.2) is 4.79 Å². The van der Waals surface area contributed by atoms with Crippen molar-refractivity contribution >= 4 is 23.3 Å². The molecule has 4 heteroatoms. The highest BCUT2D eigenvalue weighted by atomic mass is 35.5. The summed E-state index contributed by atoms with van der Waals surface area (Å²) in [4.78, 5) is 11.4. The second-order valence-electron chi connectivity index (χ2n) is 4.90. The molecule has 1 aromatic rings. The molecule has 0 aliphatic heterocycles. The first kappa shape index (κ1) is 13.8. The maximum Gasteiger partial charge on any atom is 0.319 e. The largest absolute Gasteiger partial charge is 0.337 e. The lowest BCUT2D eigenvalue weighted by Gasteiger charge is -2.19. The second-order valence-corrected chi connectivity index (χ2v) is 5.28. The molecule has 2 amide bonds. The molecule has 1 rings (SSSR count). The van der Waals surface area contributed by atoms with Crippen LogP contribution in [0.3, 0.4) is 0 Å². The van der Waals surface area contributed by atoms with Crippen LogP contribution in [-0.2, 0) is 5.41 Å². The van der Waals surface area contributed by atoms with Gasteiger partial charge in [-0.3, -0.25) is 0 Å². The Bertz CT molecular complexity index is 368. The summed E-state index contributed by atoms with van der Waals surface area (Å²) in [6.45, 7) is 6.93. The number of urea groups is 1. The maximum absolute atomic E-state index is 11.4.